The molecule has 0 bridgehead atoms. The van der Waals surface area contributed by atoms with Gasteiger partial charge in [-0.25, -0.2) is 14.4 Å². The molecule has 126 valence electrons. The fourth-order valence-corrected chi connectivity index (χ4v) is 3.13. The summed E-state index contributed by atoms with van der Waals surface area (Å²) in [7, 11) is 0. The molecule has 1 aliphatic heterocycles. The molecule has 1 amide bonds. The van der Waals surface area contributed by atoms with Crippen molar-refractivity contribution >= 4 is 28.3 Å². The molecule has 0 unspecified atom stereocenters. The minimum Gasteiger partial charge on any atom is -0.365 e. The second-order valence-corrected chi connectivity index (χ2v) is 6.03. The zero-order chi connectivity index (χ0) is 17.2. The largest absolute Gasteiger partial charge is 0.365 e. The first kappa shape index (κ1) is 15.5. The summed E-state index contributed by atoms with van der Waals surface area (Å²) in [4.78, 5) is 21.9. The molecule has 0 aliphatic carbocycles. The van der Waals surface area contributed by atoms with Crippen LogP contribution in [0.1, 0.15) is 18.4 Å². The molecule has 1 fully saturated rings. The second-order valence-electron chi connectivity index (χ2n) is 6.03. The van der Waals surface area contributed by atoms with Gasteiger partial charge in [0.05, 0.1) is 0 Å². The molecular formula is C19H17FN4O. The third kappa shape index (κ3) is 3.03. The van der Waals surface area contributed by atoms with E-state index in [4.69, 9.17) is 0 Å². The van der Waals surface area contributed by atoms with Gasteiger partial charge < -0.3 is 10.2 Å². The fourth-order valence-electron chi connectivity index (χ4n) is 3.13. The summed E-state index contributed by atoms with van der Waals surface area (Å²) in [6.07, 6.45) is 2.87. The third-order valence-electron chi connectivity index (χ3n) is 4.37. The van der Waals surface area contributed by atoms with E-state index in [1.165, 1.54) is 12.4 Å². The molecule has 1 N–H and O–H groups in total. The summed E-state index contributed by atoms with van der Waals surface area (Å²) in [5.74, 6) is 0.395. The van der Waals surface area contributed by atoms with Crippen LogP contribution in [-0.2, 0) is 11.3 Å². The molecule has 25 heavy (non-hydrogen) atoms. The first-order valence-corrected chi connectivity index (χ1v) is 8.25. The topological polar surface area (TPSA) is 58.1 Å². The van der Waals surface area contributed by atoms with Crippen molar-refractivity contribution in [2.45, 2.75) is 19.4 Å². The number of carbonyl (C=O) groups excluding carboxylic acids is 1. The molecule has 0 spiro atoms. The predicted octanol–water partition coefficient (Wildman–Crippen LogP) is 3.51. The van der Waals surface area contributed by atoms with Gasteiger partial charge >= 0.3 is 0 Å². The number of nitrogens with one attached hydrogen (secondary N) is 1. The van der Waals surface area contributed by atoms with Crippen LogP contribution >= 0.6 is 0 Å². The smallest absolute Gasteiger partial charge is 0.227 e. The average molecular weight is 336 g/mol. The van der Waals surface area contributed by atoms with E-state index in [2.05, 4.69) is 15.3 Å². The van der Waals surface area contributed by atoms with Crippen LogP contribution in [0.5, 0.6) is 0 Å². The summed E-state index contributed by atoms with van der Waals surface area (Å²) < 4.78 is 13.8. The average Bonchev–Trinajstić information content (AvgIpc) is 3.07. The Labute approximate surface area is 144 Å². The van der Waals surface area contributed by atoms with Crippen molar-refractivity contribution in [3.63, 3.8) is 0 Å². The maximum absolute atomic E-state index is 13.8. The van der Waals surface area contributed by atoms with Crippen LogP contribution in [0, 0.1) is 5.82 Å². The highest BCUT2D eigenvalue weighted by molar-refractivity contribution is 5.95. The van der Waals surface area contributed by atoms with Crippen LogP contribution < -0.4 is 10.2 Å². The number of aromatic nitrogens is 2. The predicted molar refractivity (Wildman–Crippen MR) is 94.9 cm³/mol. The zero-order valence-electron chi connectivity index (χ0n) is 13.6. The Bertz CT molecular complexity index is 944. The maximum atomic E-state index is 13.8. The van der Waals surface area contributed by atoms with E-state index in [-0.39, 0.29) is 11.7 Å². The van der Waals surface area contributed by atoms with Crippen molar-refractivity contribution in [2.75, 3.05) is 16.8 Å². The number of hydrogen-bond acceptors (Lipinski definition) is 4. The van der Waals surface area contributed by atoms with E-state index in [0.29, 0.717) is 29.7 Å². The van der Waals surface area contributed by atoms with Gasteiger partial charge in [-0.3, -0.25) is 4.79 Å². The van der Waals surface area contributed by atoms with E-state index >= 15 is 0 Å². The van der Waals surface area contributed by atoms with Crippen LogP contribution in [0.3, 0.4) is 0 Å². The summed E-state index contributed by atoms with van der Waals surface area (Å²) in [5, 5.41) is 3.89. The molecule has 0 atom stereocenters. The summed E-state index contributed by atoms with van der Waals surface area (Å²) in [5.41, 5.74) is 2.25. The molecular weight excluding hydrogens is 319 g/mol. The molecule has 1 saturated heterocycles. The van der Waals surface area contributed by atoms with Crippen molar-refractivity contribution in [3.05, 3.63) is 60.2 Å². The molecule has 4 rings (SSSR count). The minimum atomic E-state index is -0.363. The van der Waals surface area contributed by atoms with Crippen molar-refractivity contribution in [3.8, 4) is 0 Å². The lowest BCUT2D eigenvalue weighted by Gasteiger charge is -2.17. The quantitative estimate of drug-likeness (QED) is 0.792. The lowest BCUT2D eigenvalue weighted by Crippen LogP contribution is -2.23. The number of halogens is 1. The minimum absolute atomic E-state index is 0.169. The Kier molecular flexibility index (Phi) is 4.01. The van der Waals surface area contributed by atoms with E-state index < -0.39 is 0 Å². The standard InChI is InChI=1S/C19H17FN4O/c20-16-7-2-6-15-18(16)22-12-23-19(15)21-11-13-4-1-5-14(10-13)24-9-3-8-17(24)25/h1-2,4-7,10,12H,3,8-9,11H2,(H,21,22,23). The van der Waals surface area contributed by atoms with Gasteiger partial charge in [0, 0.05) is 30.6 Å². The molecule has 2 heterocycles. The first-order chi connectivity index (χ1) is 12.2. The molecule has 0 radical (unpaired) electrons. The van der Waals surface area contributed by atoms with Crippen LogP contribution in [0.25, 0.3) is 10.9 Å². The molecule has 3 aromatic rings. The normalized spacial score (nSPS) is 14.3. The van der Waals surface area contributed by atoms with Gasteiger partial charge in [-0.2, -0.15) is 0 Å². The number of hydrogen-bond donors (Lipinski definition) is 1. The van der Waals surface area contributed by atoms with Crippen LogP contribution in [0.15, 0.2) is 48.8 Å². The van der Waals surface area contributed by atoms with Crippen LogP contribution in [-0.4, -0.2) is 22.4 Å². The van der Waals surface area contributed by atoms with Gasteiger partial charge in [-0.05, 0) is 36.2 Å². The summed E-state index contributed by atoms with van der Waals surface area (Å²) in [6, 6.07) is 12.7. The summed E-state index contributed by atoms with van der Waals surface area (Å²) >= 11 is 0. The number of nitrogens with zero attached hydrogens (tertiary/aromatic N) is 3. The Balaban J connectivity index is 1.56. The van der Waals surface area contributed by atoms with Crippen molar-refractivity contribution < 1.29 is 9.18 Å². The Morgan fingerprint density at radius 3 is 2.88 bits per heavy atom. The Hall–Kier alpha value is -3.02. The van der Waals surface area contributed by atoms with Crippen LogP contribution in [0.2, 0.25) is 0 Å². The SMILES string of the molecule is O=C1CCCN1c1cccc(CNc2ncnc3c(F)cccc23)c1. The van der Waals surface area contributed by atoms with E-state index in [0.717, 1.165) is 24.2 Å². The molecule has 5 nitrogen and oxygen atoms in total. The van der Waals surface area contributed by atoms with Gasteiger partial charge in [-0.1, -0.05) is 18.2 Å². The number of carbonyl (C=O) groups is 1. The van der Waals surface area contributed by atoms with E-state index in [1.807, 2.05) is 29.2 Å². The Morgan fingerprint density at radius 1 is 1.16 bits per heavy atom. The number of fused-ring (bicyclic) bond motifs is 1. The lowest BCUT2D eigenvalue weighted by atomic mass is 10.1. The highest BCUT2D eigenvalue weighted by Crippen LogP contribution is 2.24. The highest BCUT2D eigenvalue weighted by atomic mass is 19.1. The number of anilines is 2. The number of amides is 1. The highest BCUT2D eigenvalue weighted by Gasteiger charge is 2.21. The fraction of sp³-hybridized carbons (Fsp3) is 0.211. The first-order valence-electron chi connectivity index (χ1n) is 8.25. The van der Waals surface area contributed by atoms with E-state index in [1.54, 1.807) is 12.1 Å². The lowest BCUT2D eigenvalue weighted by molar-refractivity contribution is -0.117. The number of para-hydroxylation sites is 1. The number of benzene rings is 2. The maximum Gasteiger partial charge on any atom is 0.227 e. The molecule has 0 saturated carbocycles. The van der Waals surface area contributed by atoms with Crippen molar-refractivity contribution in [1.29, 1.82) is 0 Å². The Morgan fingerprint density at radius 2 is 2.04 bits per heavy atom. The van der Waals surface area contributed by atoms with Gasteiger partial charge in [-0.15, -0.1) is 0 Å². The summed E-state index contributed by atoms with van der Waals surface area (Å²) in [6.45, 7) is 1.30. The van der Waals surface area contributed by atoms with Crippen molar-refractivity contribution in [1.82, 2.24) is 9.97 Å². The monoisotopic (exact) mass is 336 g/mol. The third-order valence-corrected chi connectivity index (χ3v) is 4.37. The van der Waals surface area contributed by atoms with Gasteiger partial charge in [0.1, 0.15) is 23.5 Å². The van der Waals surface area contributed by atoms with Crippen LogP contribution in [0.4, 0.5) is 15.9 Å². The number of rotatable bonds is 4. The van der Waals surface area contributed by atoms with Gasteiger partial charge in [0.2, 0.25) is 5.91 Å². The second kappa shape index (κ2) is 6.47. The van der Waals surface area contributed by atoms with Gasteiger partial charge in [0.25, 0.3) is 0 Å². The molecule has 6 heteroatoms. The zero-order valence-corrected chi connectivity index (χ0v) is 13.6. The van der Waals surface area contributed by atoms with Gasteiger partial charge in [0.15, 0.2) is 0 Å². The van der Waals surface area contributed by atoms with Crippen molar-refractivity contribution in [2.24, 2.45) is 0 Å². The molecule has 1 aromatic heterocycles. The molecule has 1 aliphatic rings. The molecule has 2 aromatic carbocycles. The van der Waals surface area contributed by atoms with E-state index in [9.17, 15) is 9.18 Å².